The van der Waals surface area contributed by atoms with Crippen molar-refractivity contribution in [1.82, 2.24) is 25.4 Å². The predicted molar refractivity (Wildman–Crippen MR) is 103 cm³/mol. The Morgan fingerprint density at radius 1 is 1.15 bits per heavy atom. The van der Waals surface area contributed by atoms with Crippen LogP contribution in [0.15, 0.2) is 51.9 Å². The number of rotatable bonds is 7. The van der Waals surface area contributed by atoms with E-state index in [9.17, 15) is 4.79 Å². The third kappa shape index (κ3) is 4.44. The fraction of sp³-hybridized carbons (Fsp3) is 0.167. The molecule has 0 radical (unpaired) electrons. The lowest BCUT2D eigenvalue weighted by Crippen LogP contribution is -2.23. The van der Waals surface area contributed by atoms with Gasteiger partial charge in [0.25, 0.3) is 0 Å². The minimum Gasteiger partial charge on any atom is -0.347 e. The molecule has 0 aliphatic heterocycles. The predicted octanol–water partition coefficient (Wildman–Crippen LogP) is 3.57. The van der Waals surface area contributed by atoms with E-state index in [1.54, 1.807) is 23.7 Å². The molecule has 7 nitrogen and oxygen atoms in total. The van der Waals surface area contributed by atoms with Gasteiger partial charge in [-0.3, -0.25) is 9.78 Å². The van der Waals surface area contributed by atoms with Crippen molar-refractivity contribution >= 4 is 28.6 Å². The van der Waals surface area contributed by atoms with Crippen molar-refractivity contribution in [2.24, 2.45) is 0 Å². The van der Waals surface area contributed by atoms with Crippen molar-refractivity contribution in [3.05, 3.63) is 59.0 Å². The highest BCUT2D eigenvalue weighted by Crippen LogP contribution is 2.23. The van der Waals surface area contributed by atoms with E-state index in [1.807, 2.05) is 35.0 Å². The highest BCUT2D eigenvalue weighted by molar-refractivity contribution is 7.13. The summed E-state index contributed by atoms with van der Waals surface area (Å²) in [6, 6.07) is 7.69. The van der Waals surface area contributed by atoms with E-state index < -0.39 is 0 Å². The average Bonchev–Trinajstić information content (AvgIpc) is 3.47. The van der Waals surface area contributed by atoms with Crippen LogP contribution in [-0.2, 0) is 17.8 Å². The van der Waals surface area contributed by atoms with Crippen molar-refractivity contribution < 1.29 is 9.32 Å². The number of hydrogen-bond acceptors (Lipinski definition) is 8. The second-order valence-electron chi connectivity index (χ2n) is 5.65. The van der Waals surface area contributed by atoms with Gasteiger partial charge in [0.1, 0.15) is 5.01 Å². The van der Waals surface area contributed by atoms with Gasteiger partial charge in [0.15, 0.2) is 0 Å². The summed E-state index contributed by atoms with van der Waals surface area (Å²) < 4.78 is 5.17. The zero-order chi connectivity index (χ0) is 18.5. The third-order valence-electron chi connectivity index (χ3n) is 3.73. The summed E-state index contributed by atoms with van der Waals surface area (Å²) in [6.07, 6.45) is 4.42. The maximum atomic E-state index is 12.1. The second kappa shape index (κ2) is 8.19. The largest absolute Gasteiger partial charge is 0.347 e. The van der Waals surface area contributed by atoms with Gasteiger partial charge >= 0.3 is 0 Å². The maximum Gasteiger partial charge on any atom is 0.246 e. The zero-order valence-electron chi connectivity index (χ0n) is 14.2. The van der Waals surface area contributed by atoms with Crippen molar-refractivity contribution in [3.8, 4) is 21.3 Å². The third-order valence-corrected chi connectivity index (χ3v) is 5.54. The number of thiazole rings is 1. The first-order valence-corrected chi connectivity index (χ1v) is 10.0. The summed E-state index contributed by atoms with van der Waals surface area (Å²) in [5, 5.41) is 11.6. The average molecular weight is 397 g/mol. The van der Waals surface area contributed by atoms with Gasteiger partial charge in [0.05, 0.1) is 17.1 Å². The van der Waals surface area contributed by atoms with Crippen molar-refractivity contribution in [3.63, 3.8) is 0 Å². The van der Waals surface area contributed by atoms with Crippen LogP contribution >= 0.6 is 22.7 Å². The van der Waals surface area contributed by atoms with Crippen LogP contribution in [0.3, 0.4) is 0 Å². The normalized spacial score (nSPS) is 10.8. The summed E-state index contributed by atoms with van der Waals surface area (Å²) in [5.41, 5.74) is 1.93. The number of carbonyl (C=O) groups excluding carboxylic acids is 1. The van der Waals surface area contributed by atoms with Crippen molar-refractivity contribution in [2.75, 3.05) is 0 Å². The van der Waals surface area contributed by atoms with Gasteiger partial charge in [-0.05, 0) is 30.0 Å². The van der Waals surface area contributed by atoms with Crippen LogP contribution in [0.5, 0.6) is 0 Å². The van der Waals surface area contributed by atoms with Crippen LogP contribution in [0.2, 0.25) is 0 Å². The van der Waals surface area contributed by atoms with Gasteiger partial charge in [-0.2, -0.15) is 4.98 Å². The van der Waals surface area contributed by atoms with Gasteiger partial charge in [0, 0.05) is 29.8 Å². The summed E-state index contributed by atoms with van der Waals surface area (Å²) in [7, 11) is 0. The first-order valence-electron chi connectivity index (χ1n) is 8.26. The van der Waals surface area contributed by atoms with E-state index in [1.165, 1.54) is 11.3 Å². The molecule has 4 rings (SSSR count). The fourth-order valence-corrected chi connectivity index (χ4v) is 3.90. The number of nitrogens with one attached hydrogen (secondary N) is 1. The van der Waals surface area contributed by atoms with Crippen LogP contribution < -0.4 is 5.32 Å². The molecule has 1 N–H and O–H groups in total. The number of nitrogens with zero attached hydrogens (tertiary/aromatic N) is 4. The van der Waals surface area contributed by atoms with Crippen LogP contribution in [0.4, 0.5) is 0 Å². The van der Waals surface area contributed by atoms with Crippen molar-refractivity contribution in [2.45, 2.75) is 19.4 Å². The van der Waals surface area contributed by atoms with Gasteiger partial charge in [-0.25, -0.2) is 4.98 Å². The molecule has 4 aromatic heterocycles. The van der Waals surface area contributed by atoms with Crippen LogP contribution in [0.1, 0.15) is 18.0 Å². The van der Waals surface area contributed by atoms with Gasteiger partial charge in [0.2, 0.25) is 17.6 Å². The number of hydrogen-bond donors (Lipinski definition) is 1. The molecule has 27 heavy (non-hydrogen) atoms. The molecule has 4 heterocycles. The van der Waals surface area contributed by atoms with E-state index in [2.05, 4.69) is 25.4 Å². The lowest BCUT2D eigenvalue weighted by atomic mass is 10.2. The molecule has 1 amide bonds. The van der Waals surface area contributed by atoms with Crippen molar-refractivity contribution in [1.29, 1.82) is 0 Å². The quantitative estimate of drug-likeness (QED) is 0.512. The molecule has 0 aromatic carbocycles. The van der Waals surface area contributed by atoms with Crippen LogP contribution in [0.25, 0.3) is 21.3 Å². The fourth-order valence-electron chi connectivity index (χ4n) is 2.39. The van der Waals surface area contributed by atoms with Gasteiger partial charge in [-0.1, -0.05) is 11.2 Å². The van der Waals surface area contributed by atoms with Gasteiger partial charge < -0.3 is 9.84 Å². The molecule has 4 aromatic rings. The summed E-state index contributed by atoms with van der Waals surface area (Å²) >= 11 is 3.10. The Morgan fingerprint density at radius 3 is 2.85 bits per heavy atom. The SMILES string of the molecule is O=C(CCc1csc(-c2ccncc2)n1)NCc1nc(-c2cccs2)no1. The molecule has 0 atom stereocenters. The smallest absolute Gasteiger partial charge is 0.246 e. The lowest BCUT2D eigenvalue weighted by Gasteiger charge is -2.00. The topological polar surface area (TPSA) is 93.8 Å². The summed E-state index contributed by atoms with van der Waals surface area (Å²) in [6.45, 7) is 0.219. The van der Waals surface area contributed by atoms with Crippen LogP contribution in [-0.4, -0.2) is 26.0 Å². The molecule has 0 saturated heterocycles. The standard InChI is InChI=1S/C18H15N5O2S2/c24-15(20-10-16-22-17(23-25-16)14-2-1-9-26-14)4-3-13-11-27-18(21-13)12-5-7-19-8-6-12/h1-2,5-9,11H,3-4,10H2,(H,20,24). The van der Waals surface area contributed by atoms with E-state index in [0.29, 0.717) is 24.6 Å². The maximum absolute atomic E-state index is 12.1. The number of aromatic nitrogens is 4. The number of thiophene rings is 1. The van der Waals surface area contributed by atoms with Gasteiger partial charge in [-0.15, -0.1) is 22.7 Å². The Morgan fingerprint density at radius 2 is 2.04 bits per heavy atom. The molecular formula is C18H15N5O2S2. The Kier molecular flexibility index (Phi) is 5.31. The molecule has 0 unspecified atom stereocenters. The number of amides is 1. The van der Waals surface area contributed by atoms with E-state index >= 15 is 0 Å². The summed E-state index contributed by atoms with van der Waals surface area (Å²) in [4.78, 5) is 25.9. The molecule has 0 spiro atoms. The minimum absolute atomic E-state index is 0.0793. The summed E-state index contributed by atoms with van der Waals surface area (Å²) in [5.74, 6) is 0.852. The molecular weight excluding hydrogens is 382 g/mol. The number of carbonyl (C=O) groups is 1. The van der Waals surface area contributed by atoms with E-state index in [0.717, 1.165) is 21.1 Å². The Bertz CT molecular complexity index is 1010. The van der Waals surface area contributed by atoms with Crippen LogP contribution in [0, 0.1) is 0 Å². The highest BCUT2D eigenvalue weighted by Gasteiger charge is 2.11. The number of pyridine rings is 1. The van der Waals surface area contributed by atoms with E-state index in [-0.39, 0.29) is 12.5 Å². The Hall–Kier alpha value is -2.91. The molecule has 9 heteroatoms. The molecule has 136 valence electrons. The Balaban J connectivity index is 1.26. The number of aryl methyl sites for hydroxylation is 1. The first-order chi connectivity index (χ1) is 13.3. The molecule has 0 aliphatic rings. The first kappa shape index (κ1) is 17.5. The molecule has 0 bridgehead atoms. The molecule has 0 fully saturated rings. The zero-order valence-corrected chi connectivity index (χ0v) is 15.8. The minimum atomic E-state index is -0.0793. The molecule has 0 aliphatic carbocycles. The lowest BCUT2D eigenvalue weighted by molar-refractivity contribution is -0.121. The monoisotopic (exact) mass is 397 g/mol. The highest BCUT2D eigenvalue weighted by atomic mass is 32.1. The van der Waals surface area contributed by atoms with E-state index in [4.69, 9.17) is 4.52 Å². The second-order valence-corrected chi connectivity index (χ2v) is 7.45. The molecule has 0 saturated carbocycles. The Labute approximate surface area is 163 Å².